The maximum Gasteiger partial charge on any atom is 0.271 e. The number of ether oxygens (including phenoxy) is 1. The largest absolute Gasteiger partial charge is 0.495 e. The normalized spacial score (nSPS) is 15.1. The number of rotatable bonds is 6. The molecule has 0 saturated heterocycles. The summed E-state index contributed by atoms with van der Waals surface area (Å²) in [5.74, 6) is 1.84. The summed E-state index contributed by atoms with van der Waals surface area (Å²) < 4.78 is 38.7. The highest BCUT2D eigenvalue weighted by atomic mass is 32.2. The first kappa shape index (κ1) is 18.0. The average molecular weight is 406 g/mol. The molecule has 7 nitrogen and oxygen atoms in total. The second kappa shape index (κ2) is 7.32. The molecule has 1 saturated carbocycles. The lowest BCUT2D eigenvalue weighted by molar-refractivity contribution is 0.354. The van der Waals surface area contributed by atoms with E-state index in [1.165, 1.54) is 20.0 Å². The first-order chi connectivity index (χ1) is 13.1. The highest BCUT2D eigenvalue weighted by Crippen LogP contribution is 2.35. The van der Waals surface area contributed by atoms with Crippen LogP contribution in [-0.4, -0.2) is 25.7 Å². The Kier molecular flexibility index (Phi) is 4.88. The molecule has 9 heteroatoms. The lowest BCUT2D eigenvalue weighted by Crippen LogP contribution is -2.12. The predicted octanol–water partition coefficient (Wildman–Crippen LogP) is 4.27. The lowest BCUT2D eigenvalue weighted by atomic mass is 10.1. The molecule has 0 radical (unpaired) electrons. The van der Waals surface area contributed by atoms with Crippen LogP contribution in [0, 0.1) is 0 Å². The van der Waals surface area contributed by atoms with E-state index in [1.54, 1.807) is 35.7 Å². The number of thiophene rings is 1. The van der Waals surface area contributed by atoms with Crippen molar-refractivity contribution in [3.8, 4) is 17.1 Å². The van der Waals surface area contributed by atoms with Crippen molar-refractivity contribution >= 4 is 27.0 Å². The second-order valence-corrected chi connectivity index (χ2v) is 9.22. The topological polar surface area (TPSA) is 94.3 Å². The standard InChI is InChI=1S/C18H19N3O4S2/c1-24-15-9-5-4-8-14(15)21-27(22,23)16-10-13(11-26-16)17-19-18(25-20-17)12-6-2-3-7-12/h4-5,8-12,21H,2-3,6-7H2,1H3. The van der Waals surface area contributed by atoms with Crippen molar-refractivity contribution in [1.82, 2.24) is 10.1 Å². The van der Waals surface area contributed by atoms with Gasteiger partial charge in [-0.1, -0.05) is 30.1 Å². The summed E-state index contributed by atoms with van der Waals surface area (Å²) in [6, 6.07) is 8.42. The number of sulfonamides is 1. The van der Waals surface area contributed by atoms with Gasteiger partial charge in [-0.25, -0.2) is 8.42 Å². The molecule has 2 heterocycles. The Balaban J connectivity index is 1.56. The van der Waals surface area contributed by atoms with E-state index in [1.807, 2.05) is 0 Å². The van der Waals surface area contributed by atoms with Crippen LogP contribution >= 0.6 is 11.3 Å². The van der Waals surface area contributed by atoms with Crippen molar-refractivity contribution in [1.29, 1.82) is 0 Å². The van der Waals surface area contributed by atoms with E-state index in [2.05, 4.69) is 14.9 Å². The van der Waals surface area contributed by atoms with E-state index in [0.29, 0.717) is 34.6 Å². The van der Waals surface area contributed by atoms with Crippen molar-refractivity contribution < 1.29 is 17.7 Å². The fourth-order valence-corrected chi connectivity index (χ4v) is 5.42. The second-order valence-electron chi connectivity index (χ2n) is 6.40. The van der Waals surface area contributed by atoms with Crippen LogP contribution in [0.5, 0.6) is 5.75 Å². The summed E-state index contributed by atoms with van der Waals surface area (Å²) in [5, 5.41) is 5.75. The minimum absolute atomic E-state index is 0.177. The minimum Gasteiger partial charge on any atom is -0.495 e. The lowest BCUT2D eigenvalue weighted by Gasteiger charge is -2.10. The number of anilines is 1. The smallest absolute Gasteiger partial charge is 0.271 e. The number of benzene rings is 1. The van der Waals surface area contributed by atoms with Crippen LogP contribution < -0.4 is 9.46 Å². The molecule has 1 aliphatic rings. The van der Waals surface area contributed by atoms with Gasteiger partial charge in [-0.3, -0.25) is 4.72 Å². The third kappa shape index (κ3) is 3.70. The molecule has 0 unspecified atom stereocenters. The van der Waals surface area contributed by atoms with E-state index < -0.39 is 10.0 Å². The number of methoxy groups -OCH3 is 1. The SMILES string of the molecule is COc1ccccc1NS(=O)(=O)c1cc(-c2noc(C3CCCC3)n2)cs1. The van der Waals surface area contributed by atoms with Gasteiger partial charge < -0.3 is 9.26 Å². The number of nitrogens with one attached hydrogen (secondary N) is 1. The molecule has 2 aromatic heterocycles. The van der Waals surface area contributed by atoms with Gasteiger partial charge in [0, 0.05) is 16.9 Å². The highest BCUT2D eigenvalue weighted by Gasteiger charge is 2.25. The Hall–Kier alpha value is -2.39. The van der Waals surface area contributed by atoms with E-state index in [9.17, 15) is 8.42 Å². The summed E-state index contributed by atoms with van der Waals surface area (Å²) in [5.41, 5.74) is 1.02. The maximum absolute atomic E-state index is 12.7. The molecule has 0 atom stereocenters. The Morgan fingerprint density at radius 1 is 1.26 bits per heavy atom. The first-order valence-corrected chi connectivity index (χ1v) is 11.0. The zero-order valence-electron chi connectivity index (χ0n) is 14.7. The Bertz CT molecular complexity index is 1040. The van der Waals surface area contributed by atoms with Crippen molar-refractivity contribution in [2.45, 2.75) is 35.8 Å². The maximum atomic E-state index is 12.7. The number of hydrogen-bond acceptors (Lipinski definition) is 7. The third-order valence-corrected chi connectivity index (χ3v) is 7.40. The van der Waals surface area contributed by atoms with Crippen molar-refractivity contribution in [3.05, 3.63) is 41.6 Å². The average Bonchev–Trinajstić information content (AvgIpc) is 3.41. The van der Waals surface area contributed by atoms with Gasteiger partial charge >= 0.3 is 0 Å². The van der Waals surface area contributed by atoms with Gasteiger partial charge in [0.15, 0.2) is 0 Å². The number of hydrogen-bond donors (Lipinski definition) is 1. The van der Waals surface area contributed by atoms with Crippen molar-refractivity contribution in [2.75, 3.05) is 11.8 Å². The summed E-state index contributed by atoms with van der Waals surface area (Å²) in [6.45, 7) is 0. The highest BCUT2D eigenvalue weighted by molar-refractivity contribution is 7.94. The number of aromatic nitrogens is 2. The molecule has 1 aromatic carbocycles. The van der Waals surface area contributed by atoms with Crippen LogP contribution in [0.15, 0.2) is 44.4 Å². The van der Waals surface area contributed by atoms with Crippen molar-refractivity contribution in [3.63, 3.8) is 0 Å². The van der Waals surface area contributed by atoms with Gasteiger partial charge in [0.1, 0.15) is 9.96 Å². The molecule has 4 rings (SSSR count). The molecule has 0 spiro atoms. The molecular formula is C18H19N3O4S2. The fourth-order valence-electron chi connectivity index (χ4n) is 3.19. The first-order valence-electron chi connectivity index (χ1n) is 8.65. The summed E-state index contributed by atoms with van der Waals surface area (Å²) in [7, 11) is -2.24. The van der Waals surface area contributed by atoms with E-state index >= 15 is 0 Å². The number of nitrogens with zero attached hydrogens (tertiary/aromatic N) is 2. The molecule has 1 N–H and O–H groups in total. The quantitative estimate of drug-likeness (QED) is 0.658. The Labute approximate surface area is 161 Å². The van der Waals surface area contributed by atoms with Crippen LogP contribution in [0.4, 0.5) is 5.69 Å². The summed E-state index contributed by atoms with van der Waals surface area (Å²) in [6.07, 6.45) is 4.48. The molecule has 142 valence electrons. The van der Waals surface area contributed by atoms with Gasteiger partial charge in [0.25, 0.3) is 10.0 Å². The zero-order valence-corrected chi connectivity index (χ0v) is 16.3. The van der Waals surface area contributed by atoms with Crippen LogP contribution in [0.25, 0.3) is 11.4 Å². The van der Waals surface area contributed by atoms with E-state index in [0.717, 1.165) is 24.2 Å². The molecule has 0 amide bonds. The fraction of sp³-hybridized carbons (Fsp3) is 0.333. The predicted molar refractivity (Wildman–Crippen MR) is 103 cm³/mol. The van der Waals surface area contributed by atoms with Gasteiger partial charge in [0.2, 0.25) is 11.7 Å². The molecule has 0 bridgehead atoms. The summed E-state index contributed by atoms with van der Waals surface area (Å²) in [4.78, 5) is 4.46. The van der Waals surface area contributed by atoms with Crippen LogP contribution in [0.3, 0.4) is 0 Å². The van der Waals surface area contributed by atoms with Gasteiger partial charge in [-0.2, -0.15) is 4.98 Å². The van der Waals surface area contributed by atoms with Crippen LogP contribution in [0.2, 0.25) is 0 Å². The minimum atomic E-state index is -3.74. The van der Waals surface area contributed by atoms with Crippen LogP contribution in [0.1, 0.15) is 37.5 Å². The number of para-hydroxylation sites is 2. The molecule has 27 heavy (non-hydrogen) atoms. The van der Waals surface area contributed by atoms with Gasteiger partial charge in [-0.05, 0) is 31.0 Å². The molecule has 0 aliphatic heterocycles. The van der Waals surface area contributed by atoms with E-state index in [4.69, 9.17) is 9.26 Å². The zero-order chi connectivity index (χ0) is 18.9. The Morgan fingerprint density at radius 2 is 2.04 bits per heavy atom. The van der Waals surface area contributed by atoms with Crippen LogP contribution in [-0.2, 0) is 10.0 Å². The summed E-state index contributed by atoms with van der Waals surface area (Å²) >= 11 is 1.11. The monoisotopic (exact) mass is 405 g/mol. The van der Waals surface area contributed by atoms with Crippen molar-refractivity contribution in [2.24, 2.45) is 0 Å². The Morgan fingerprint density at radius 3 is 2.81 bits per heavy atom. The molecular weight excluding hydrogens is 386 g/mol. The molecule has 1 aliphatic carbocycles. The van der Waals surface area contributed by atoms with E-state index in [-0.39, 0.29) is 4.21 Å². The third-order valence-electron chi connectivity index (χ3n) is 4.60. The van der Waals surface area contributed by atoms with Gasteiger partial charge in [0.05, 0.1) is 12.8 Å². The molecule has 1 fully saturated rings. The molecule has 3 aromatic rings. The van der Waals surface area contributed by atoms with Gasteiger partial charge in [-0.15, -0.1) is 11.3 Å².